The third kappa shape index (κ3) is 4.45. The second-order valence-corrected chi connectivity index (χ2v) is 4.71. The lowest BCUT2D eigenvalue weighted by atomic mass is 9.97. The van der Waals surface area contributed by atoms with E-state index in [0.29, 0.717) is 25.9 Å². The Bertz CT molecular complexity index is 283. The van der Waals surface area contributed by atoms with Gasteiger partial charge in [-0.05, 0) is 32.9 Å². The van der Waals surface area contributed by atoms with Crippen LogP contribution in [0.15, 0.2) is 0 Å². The number of nitrogens with zero attached hydrogens (tertiary/aromatic N) is 1. The lowest BCUT2D eigenvalue weighted by molar-refractivity contribution is -0.186. The van der Waals surface area contributed by atoms with E-state index in [0.717, 1.165) is 0 Å². The summed E-state index contributed by atoms with van der Waals surface area (Å²) in [6.07, 6.45) is -2.93. The Hall–Kier alpha value is -0.820. The molecule has 0 spiro atoms. The van der Waals surface area contributed by atoms with Gasteiger partial charge < -0.3 is 16.0 Å². The van der Waals surface area contributed by atoms with Gasteiger partial charge in [0.05, 0.1) is 12.0 Å². The van der Waals surface area contributed by atoms with Crippen LogP contribution in [0.1, 0.15) is 19.3 Å². The normalized spacial score (nSPS) is 23.9. The van der Waals surface area contributed by atoms with E-state index >= 15 is 0 Å². The van der Waals surface area contributed by atoms with Gasteiger partial charge in [-0.1, -0.05) is 0 Å². The second-order valence-electron chi connectivity index (χ2n) is 4.71. The Morgan fingerprint density at radius 2 is 2.22 bits per heavy atom. The molecule has 0 aromatic heterocycles. The number of likely N-dealkylation sites (N-methyl/N-ethyl adjacent to an activating group) is 1. The van der Waals surface area contributed by atoms with Gasteiger partial charge in [-0.25, -0.2) is 0 Å². The summed E-state index contributed by atoms with van der Waals surface area (Å²) in [6.45, 7) is 1.14. The molecule has 1 aliphatic heterocycles. The van der Waals surface area contributed by atoms with Crippen molar-refractivity contribution in [2.75, 3.05) is 26.7 Å². The Balaban J connectivity index is 2.41. The molecular weight excluding hydrogens is 247 g/mol. The Morgan fingerprint density at radius 3 is 2.72 bits per heavy atom. The second kappa shape index (κ2) is 6.38. The summed E-state index contributed by atoms with van der Waals surface area (Å²) in [5.74, 6) is -1.71. The molecule has 0 saturated carbocycles. The van der Waals surface area contributed by atoms with Gasteiger partial charge in [0.15, 0.2) is 0 Å². The molecule has 3 N–H and O–H groups in total. The third-order valence-corrected chi connectivity index (χ3v) is 3.39. The molecule has 7 heteroatoms. The molecule has 0 bridgehead atoms. The molecule has 1 aliphatic rings. The molecule has 1 heterocycles. The number of nitrogens with two attached hydrogens (primary N) is 1. The first-order valence-electron chi connectivity index (χ1n) is 6.10. The topological polar surface area (TPSA) is 58.4 Å². The predicted molar refractivity (Wildman–Crippen MR) is 61.9 cm³/mol. The fraction of sp³-hybridized carbons (Fsp3) is 0.909. The summed E-state index contributed by atoms with van der Waals surface area (Å²) in [7, 11) is 1.62. The first-order chi connectivity index (χ1) is 8.34. The number of primary amides is 1. The lowest BCUT2D eigenvalue weighted by Gasteiger charge is -2.34. The third-order valence-electron chi connectivity index (χ3n) is 3.39. The van der Waals surface area contributed by atoms with E-state index in [4.69, 9.17) is 5.73 Å². The van der Waals surface area contributed by atoms with Crippen LogP contribution in [0, 0.1) is 5.92 Å². The summed E-state index contributed by atoms with van der Waals surface area (Å²) in [5.41, 5.74) is 5.16. The van der Waals surface area contributed by atoms with Crippen LogP contribution in [0.5, 0.6) is 0 Å². The number of hydrogen-bond acceptors (Lipinski definition) is 3. The summed E-state index contributed by atoms with van der Waals surface area (Å²) in [4.78, 5) is 12.7. The molecule has 1 rings (SSSR count). The van der Waals surface area contributed by atoms with E-state index in [9.17, 15) is 18.0 Å². The summed E-state index contributed by atoms with van der Waals surface area (Å²) < 4.78 is 37.8. The number of carbonyl (C=O) groups is 1. The van der Waals surface area contributed by atoms with E-state index in [2.05, 4.69) is 5.32 Å². The zero-order chi connectivity index (χ0) is 13.8. The molecular formula is C11H20F3N3O. The summed E-state index contributed by atoms with van der Waals surface area (Å²) in [6, 6.07) is -0.476. The highest BCUT2D eigenvalue weighted by molar-refractivity contribution is 5.79. The minimum Gasteiger partial charge on any atom is -0.368 e. The lowest BCUT2D eigenvalue weighted by Crippen LogP contribution is -2.45. The zero-order valence-electron chi connectivity index (χ0n) is 10.5. The number of carbonyl (C=O) groups excluding carboxylic acids is 1. The molecule has 2 atom stereocenters. The molecule has 18 heavy (non-hydrogen) atoms. The molecule has 106 valence electrons. The van der Waals surface area contributed by atoms with E-state index in [-0.39, 0.29) is 13.0 Å². The highest BCUT2D eigenvalue weighted by Crippen LogP contribution is 2.33. The molecule has 4 nitrogen and oxygen atoms in total. The van der Waals surface area contributed by atoms with Gasteiger partial charge in [-0.15, -0.1) is 0 Å². The fourth-order valence-electron chi connectivity index (χ4n) is 2.27. The van der Waals surface area contributed by atoms with Crippen molar-refractivity contribution in [3.63, 3.8) is 0 Å². The van der Waals surface area contributed by atoms with Gasteiger partial charge in [-0.2, -0.15) is 13.2 Å². The molecule has 1 fully saturated rings. The SMILES string of the molecule is CNC(CCN1CCCC(C(F)(F)F)C1)C(N)=O. The van der Waals surface area contributed by atoms with Crippen LogP contribution in [0.2, 0.25) is 0 Å². The number of hydrogen-bond donors (Lipinski definition) is 2. The minimum absolute atomic E-state index is 0.0265. The number of likely N-dealkylation sites (tertiary alicyclic amines) is 1. The smallest absolute Gasteiger partial charge is 0.368 e. The molecule has 0 aromatic carbocycles. The van der Waals surface area contributed by atoms with Crippen molar-refractivity contribution in [3.05, 3.63) is 0 Å². The Morgan fingerprint density at radius 1 is 1.56 bits per heavy atom. The largest absolute Gasteiger partial charge is 0.393 e. The van der Waals surface area contributed by atoms with Crippen molar-refractivity contribution < 1.29 is 18.0 Å². The van der Waals surface area contributed by atoms with Gasteiger partial charge in [0.2, 0.25) is 5.91 Å². The van der Waals surface area contributed by atoms with Gasteiger partial charge in [-0.3, -0.25) is 4.79 Å². The van der Waals surface area contributed by atoms with Crippen LogP contribution in [0.4, 0.5) is 13.2 Å². The maximum atomic E-state index is 12.6. The average Bonchev–Trinajstić information content (AvgIpc) is 2.28. The van der Waals surface area contributed by atoms with Crippen molar-refractivity contribution in [2.24, 2.45) is 11.7 Å². The highest BCUT2D eigenvalue weighted by atomic mass is 19.4. The molecule has 1 saturated heterocycles. The zero-order valence-corrected chi connectivity index (χ0v) is 10.5. The number of nitrogens with one attached hydrogen (secondary N) is 1. The van der Waals surface area contributed by atoms with Crippen molar-refractivity contribution in [1.29, 1.82) is 0 Å². The van der Waals surface area contributed by atoms with Crippen LogP contribution in [0.3, 0.4) is 0 Å². The first-order valence-corrected chi connectivity index (χ1v) is 6.10. The monoisotopic (exact) mass is 267 g/mol. The predicted octanol–water partition coefficient (Wildman–Crippen LogP) is 0.724. The number of rotatable bonds is 5. The van der Waals surface area contributed by atoms with Crippen LogP contribution in [-0.4, -0.2) is 49.7 Å². The van der Waals surface area contributed by atoms with Crippen LogP contribution in [-0.2, 0) is 4.79 Å². The van der Waals surface area contributed by atoms with Crippen molar-refractivity contribution in [3.8, 4) is 0 Å². The van der Waals surface area contributed by atoms with Gasteiger partial charge in [0, 0.05) is 13.1 Å². The maximum absolute atomic E-state index is 12.6. The van der Waals surface area contributed by atoms with Crippen molar-refractivity contribution >= 4 is 5.91 Å². The maximum Gasteiger partial charge on any atom is 0.393 e. The van der Waals surface area contributed by atoms with E-state index in [1.54, 1.807) is 11.9 Å². The standard InChI is InChI=1S/C11H20F3N3O/c1-16-9(10(15)18)4-6-17-5-2-3-8(7-17)11(12,13)14/h8-9,16H,2-7H2,1H3,(H2,15,18). The summed E-state index contributed by atoms with van der Waals surface area (Å²) >= 11 is 0. The average molecular weight is 267 g/mol. The number of piperidine rings is 1. The minimum atomic E-state index is -4.12. The number of alkyl halides is 3. The van der Waals surface area contributed by atoms with E-state index in [1.165, 1.54) is 0 Å². The molecule has 2 unspecified atom stereocenters. The van der Waals surface area contributed by atoms with E-state index < -0.39 is 24.0 Å². The summed E-state index contributed by atoms with van der Waals surface area (Å²) in [5, 5.41) is 2.76. The van der Waals surface area contributed by atoms with Crippen molar-refractivity contribution in [1.82, 2.24) is 10.2 Å². The van der Waals surface area contributed by atoms with E-state index in [1.807, 2.05) is 0 Å². The van der Waals surface area contributed by atoms with Crippen LogP contribution >= 0.6 is 0 Å². The Labute approximate surface area is 105 Å². The Kier molecular flexibility index (Phi) is 5.40. The first kappa shape index (κ1) is 15.2. The highest BCUT2D eigenvalue weighted by Gasteiger charge is 2.41. The molecule has 0 radical (unpaired) electrons. The number of amides is 1. The molecule has 0 aliphatic carbocycles. The molecule has 0 aromatic rings. The van der Waals surface area contributed by atoms with Gasteiger partial charge >= 0.3 is 6.18 Å². The molecule has 1 amide bonds. The van der Waals surface area contributed by atoms with Crippen LogP contribution in [0.25, 0.3) is 0 Å². The van der Waals surface area contributed by atoms with Gasteiger partial charge in [0.25, 0.3) is 0 Å². The number of halogens is 3. The van der Waals surface area contributed by atoms with Crippen molar-refractivity contribution in [2.45, 2.75) is 31.5 Å². The van der Waals surface area contributed by atoms with Gasteiger partial charge in [0.1, 0.15) is 0 Å². The van der Waals surface area contributed by atoms with Crippen LogP contribution < -0.4 is 11.1 Å². The quantitative estimate of drug-likeness (QED) is 0.772. The fourth-order valence-corrected chi connectivity index (χ4v) is 2.27.